The topological polar surface area (TPSA) is 500 Å². The lowest BCUT2D eigenvalue weighted by Gasteiger charge is -2.32. The number of H-pyrrole nitrogens is 1. The molecule has 105 heavy (non-hydrogen) atoms. The van der Waals surface area contributed by atoms with Gasteiger partial charge in [-0.15, -0.1) is 5.10 Å². The van der Waals surface area contributed by atoms with E-state index >= 15 is 9.00 Å². The van der Waals surface area contributed by atoms with Crippen molar-refractivity contribution in [2.75, 3.05) is 105 Å². The van der Waals surface area contributed by atoms with Gasteiger partial charge in [0.05, 0.1) is 152 Å². The molecular formula is C68H101N13O22S2. The molecule has 13 N–H and O–H groups in total. The summed E-state index contributed by atoms with van der Waals surface area (Å²) < 4.78 is 45.5. The number of hydrogen-bond acceptors (Lipinski definition) is 24. The van der Waals surface area contributed by atoms with Crippen LogP contribution in [0.25, 0.3) is 10.9 Å². The zero-order chi connectivity index (χ0) is 76.4. The fourth-order valence-electron chi connectivity index (χ4n) is 12.9. The van der Waals surface area contributed by atoms with Crippen LogP contribution in [0, 0.1) is 29.6 Å². The Bertz CT molecular complexity index is 3550. The molecule has 0 aliphatic carbocycles. The SMILES string of the molecule is CC[C@H](C)[C@@H]1CC(=O)CNC(=O)[C@H]2CC(=O)[C@H]([C@@H](C)[C@@H](O)CO)NC(=O)[C@@H]3C[C@@H](O)CN3C(=O)[C@H](CC(N)=O)NC(=O)[C@H](CS(=O)c3[nH]c4c(CSC5CCN(C(=O)CCOCCOCCOCCOCCn6cc(CNC(=O)CC(C)CC(=O)O)nn6)CC5)c(OC)ccc4c3C2)NC(=O)CNC1=O. The lowest BCUT2D eigenvalue weighted by Crippen LogP contribution is -2.60. The first kappa shape index (κ1) is 84.2. The van der Waals surface area contributed by atoms with Crippen LogP contribution in [0.2, 0.25) is 0 Å². The van der Waals surface area contributed by atoms with Gasteiger partial charge in [-0.05, 0) is 48.8 Å². The van der Waals surface area contributed by atoms with E-state index in [1.165, 1.54) is 14.0 Å². The first-order chi connectivity index (χ1) is 50.2. The Morgan fingerprint density at radius 2 is 1.51 bits per heavy atom. The number of thioether (sulfide) groups is 1. The van der Waals surface area contributed by atoms with E-state index in [1.54, 1.807) is 60.4 Å². The number of hydrogen-bond donors (Lipinski definition) is 12. The molecule has 1 aromatic carbocycles. The van der Waals surface area contributed by atoms with E-state index in [1.807, 2.05) is 0 Å². The first-order valence-electron chi connectivity index (χ1n) is 35.4. The van der Waals surface area contributed by atoms with Gasteiger partial charge < -0.3 is 96.5 Å². The van der Waals surface area contributed by atoms with Gasteiger partial charge in [0.25, 0.3) is 0 Å². The van der Waals surface area contributed by atoms with Gasteiger partial charge in [0, 0.05) is 91.4 Å². The molecule has 12 atom stereocenters. The summed E-state index contributed by atoms with van der Waals surface area (Å²) in [6.07, 6.45) is -2.36. The Labute approximate surface area is 614 Å². The van der Waals surface area contributed by atoms with Gasteiger partial charge in [-0.2, -0.15) is 11.8 Å². The Hall–Kier alpha value is -8.04. The normalized spacial score (nSPS) is 23.4. The molecule has 3 aromatic rings. The summed E-state index contributed by atoms with van der Waals surface area (Å²) in [7, 11) is -0.973. The molecule has 4 aliphatic rings. The summed E-state index contributed by atoms with van der Waals surface area (Å²) in [6, 6.07) is -3.68. The van der Waals surface area contributed by atoms with Crippen LogP contribution in [-0.2, 0) is 113 Å². The highest BCUT2D eigenvalue weighted by Crippen LogP contribution is 2.39. The minimum absolute atomic E-state index is 0.0283. The van der Waals surface area contributed by atoms with E-state index in [9.17, 15) is 68.1 Å². The molecule has 6 heterocycles. The van der Waals surface area contributed by atoms with Crippen molar-refractivity contribution in [1.82, 2.24) is 61.7 Å². The number of rotatable bonds is 32. The van der Waals surface area contributed by atoms with Crippen molar-refractivity contribution in [3.63, 3.8) is 0 Å². The second-order valence-corrected chi connectivity index (χ2v) is 29.7. The lowest BCUT2D eigenvalue weighted by atomic mass is 9.85. The number of ketones is 2. The second-order valence-electron chi connectivity index (χ2n) is 26.9. The van der Waals surface area contributed by atoms with Gasteiger partial charge in [-0.25, -0.2) is 4.68 Å². The Kier molecular flexibility index (Phi) is 33.5. The number of ether oxygens (including phenoxy) is 5. The molecule has 9 amide bonds. The van der Waals surface area contributed by atoms with Gasteiger partial charge >= 0.3 is 5.97 Å². The molecule has 2 bridgehead atoms. The quantitative estimate of drug-likeness (QED) is 0.0291. The van der Waals surface area contributed by atoms with E-state index in [2.05, 4.69) is 47.2 Å². The fraction of sp³-hybridized carbons (Fsp3) is 0.676. The monoisotopic (exact) mass is 1520 g/mol. The number of nitrogens with one attached hydrogen (secondary N) is 7. The van der Waals surface area contributed by atoms with Crippen LogP contribution in [-0.4, -0.2) is 272 Å². The van der Waals surface area contributed by atoms with Crippen LogP contribution in [0.15, 0.2) is 23.4 Å². The third-order valence-corrected chi connectivity index (χ3v) is 21.9. The fourth-order valence-corrected chi connectivity index (χ4v) is 15.5. The van der Waals surface area contributed by atoms with E-state index in [0.29, 0.717) is 99.8 Å². The lowest BCUT2D eigenvalue weighted by molar-refractivity contribution is -0.144. The average molecular weight is 1520 g/mol. The highest BCUT2D eigenvalue weighted by Gasteiger charge is 2.45. The van der Waals surface area contributed by atoms with Crippen LogP contribution >= 0.6 is 11.8 Å². The van der Waals surface area contributed by atoms with Crippen molar-refractivity contribution in [3.8, 4) is 5.75 Å². The van der Waals surface area contributed by atoms with E-state index < -0.39 is 194 Å². The average Bonchev–Trinajstić information content (AvgIpc) is 1.63. The molecule has 0 saturated carbocycles. The number of Topliss-reactive ketones (excluding diaryl/α,β-unsaturated/α-hetero) is 2. The minimum Gasteiger partial charge on any atom is -0.496 e. The van der Waals surface area contributed by atoms with Crippen LogP contribution < -0.4 is 42.4 Å². The molecule has 0 spiro atoms. The van der Waals surface area contributed by atoms with Gasteiger partial charge in [0.1, 0.15) is 34.6 Å². The van der Waals surface area contributed by atoms with Gasteiger partial charge in [-0.1, -0.05) is 39.3 Å². The Morgan fingerprint density at radius 1 is 0.838 bits per heavy atom. The summed E-state index contributed by atoms with van der Waals surface area (Å²) in [5, 5.41) is 64.8. The maximum absolute atomic E-state index is 15.5. The van der Waals surface area contributed by atoms with Crippen molar-refractivity contribution in [1.29, 1.82) is 0 Å². The van der Waals surface area contributed by atoms with E-state index in [4.69, 9.17) is 34.5 Å². The number of primary amides is 1. The molecule has 0 radical (unpaired) electrons. The largest absolute Gasteiger partial charge is 0.496 e. The number of nitrogens with two attached hydrogens (primary N) is 1. The van der Waals surface area contributed by atoms with Gasteiger partial charge in [0.15, 0.2) is 11.6 Å². The molecule has 4 aliphatic heterocycles. The number of amides is 9. The third-order valence-electron chi connectivity index (χ3n) is 19.0. The number of carboxylic acid groups (broad SMARTS) is 1. The number of aliphatic carboxylic acids is 1. The van der Waals surface area contributed by atoms with Crippen molar-refractivity contribution in [3.05, 3.63) is 35.2 Å². The van der Waals surface area contributed by atoms with Gasteiger partial charge in [-0.3, -0.25) is 61.7 Å². The molecule has 2 fully saturated rings. The zero-order valence-corrected chi connectivity index (χ0v) is 61.6. The number of aliphatic hydroxyl groups is 3. The molecule has 2 saturated heterocycles. The predicted molar refractivity (Wildman–Crippen MR) is 376 cm³/mol. The maximum Gasteiger partial charge on any atom is 0.303 e. The third kappa shape index (κ3) is 25.3. The molecule has 582 valence electrons. The number of benzene rings is 1. The van der Waals surface area contributed by atoms with Crippen molar-refractivity contribution in [2.45, 2.75) is 164 Å². The first-order valence-corrected chi connectivity index (χ1v) is 37.8. The predicted octanol–water partition coefficient (Wildman–Crippen LogP) is -2.35. The number of aromatic amines is 1. The minimum atomic E-state index is -2.43. The van der Waals surface area contributed by atoms with Crippen molar-refractivity contribution in [2.24, 2.45) is 35.3 Å². The molecule has 2 unspecified atom stereocenters. The number of likely N-dealkylation sites (tertiary alicyclic amines) is 1. The summed E-state index contributed by atoms with van der Waals surface area (Å²) in [6.45, 7) is 7.68. The molecule has 35 nitrogen and oxygen atoms in total. The number of nitrogens with zero attached hydrogens (tertiary/aromatic N) is 5. The number of fused-ring (bicyclic) bond motifs is 5. The van der Waals surface area contributed by atoms with Crippen LogP contribution in [0.4, 0.5) is 0 Å². The number of aliphatic hydroxyl groups excluding tert-OH is 3. The van der Waals surface area contributed by atoms with E-state index in [-0.39, 0.29) is 85.0 Å². The maximum atomic E-state index is 15.5. The number of piperidine rings is 1. The van der Waals surface area contributed by atoms with Crippen LogP contribution in [0.1, 0.15) is 109 Å². The van der Waals surface area contributed by atoms with E-state index in [0.717, 1.165) is 4.90 Å². The molecule has 7 rings (SSSR count). The summed E-state index contributed by atoms with van der Waals surface area (Å²) in [4.78, 5) is 171. The zero-order valence-electron chi connectivity index (χ0n) is 59.9. The molecule has 2 aromatic heterocycles. The number of methoxy groups -OCH3 is 1. The summed E-state index contributed by atoms with van der Waals surface area (Å²) in [5.41, 5.74) is 7.31. The van der Waals surface area contributed by atoms with Crippen LogP contribution in [0.3, 0.4) is 0 Å². The van der Waals surface area contributed by atoms with Crippen molar-refractivity contribution < 1.29 is 106 Å². The Balaban J connectivity index is 1.02. The van der Waals surface area contributed by atoms with Crippen molar-refractivity contribution >= 4 is 104 Å². The Morgan fingerprint density at radius 3 is 2.17 bits per heavy atom. The number of carbonyl (C=O) groups excluding carboxylic acids is 11. The number of carboxylic acids is 1. The molecule has 37 heteroatoms. The van der Waals surface area contributed by atoms with Gasteiger partial charge in [0.2, 0.25) is 53.2 Å². The standard InChI is InChI=1S/C68H101N13O22S2/c1-6-39(3)47-27-43(83)31-71-63(93)41-25-48-46-7-8-55(99-5)49(36-104-45-9-12-79(13-10-45)59(90)11-15-100-17-19-102-21-22-103-20-18-101-16-14-80-33-42(77-78-80)30-70-57(88)23-38(2)24-60(91)92)62(46)76-67(48)105(98)37-51(73-58(89)32-72-64(47)94)65(95)74-50(29-56(69)87)68(97)81-34-44(84)28-52(81)66(96)75-61(53(85)26-41)40(4)54(86)35-82/h7-8,33,38-41,44-45,47,50-52,54,61,76,82,84,86H,6,9-32,34-37H2,1-5H3,(H2,69,87)(H,70,88)(H,71,93)(H,72,94)(H,73,89)(H,74,95)(H,75,96)(H,91,92)/t38?,39-,40-,41+,44+,47-,50-,51-,52-,54-,61-,105?/m0/s1. The molecular weight excluding hydrogens is 1410 g/mol. The van der Waals surface area contributed by atoms with Crippen LogP contribution in [0.5, 0.6) is 5.75 Å². The summed E-state index contributed by atoms with van der Waals surface area (Å²) in [5.74, 6) is -14.3. The smallest absolute Gasteiger partial charge is 0.303 e. The highest BCUT2D eigenvalue weighted by atomic mass is 32.2. The number of aromatic nitrogens is 4. The second kappa shape index (κ2) is 41.8. The summed E-state index contributed by atoms with van der Waals surface area (Å²) >= 11 is 1.57. The highest BCUT2D eigenvalue weighted by molar-refractivity contribution is 7.99. The number of carbonyl (C=O) groups is 12.